The van der Waals surface area contributed by atoms with Crippen LogP contribution >= 0.6 is 0 Å². The van der Waals surface area contributed by atoms with Crippen molar-refractivity contribution in [1.82, 2.24) is 9.55 Å². The normalized spacial score (nSPS) is 13.5. The van der Waals surface area contributed by atoms with Gasteiger partial charge in [0.25, 0.3) is 5.91 Å². The van der Waals surface area contributed by atoms with Crippen LogP contribution in [0, 0.1) is 0 Å². The summed E-state index contributed by atoms with van der Waals surface area (Å²) >= 11 is 0. The highest BCUT2D eigenvalue weighted by atomic mass is 16.4. The van der Waals surface area contributed by atoms with Crippen LogP contribution in [0.15, 0.2) is 91.5 Å². The van der Waals surface area contributed by atoms with Crippen molar-refractivity contribution in [1.29, 1.82) is 0 Å². The number of hydrogen-bond acceptors (Lipinski definition) is 6. The SMILES string of the molecule is CN(C(=O)Cn1ccnc1)c1ccc(N/C(=C2\C(=O)Nc3cc(B(O)O)ccc32)c2ccccc2)cc1. The highest BCUT2D eigenvalue weighted by Gasteiger charge is 2.29. The Morgan fingerprint density at radius 3 is 2.51 bits per heavy atom. The fraction of sp³-hybridized carbons (Fsp3) is 0.0741. The summed E-state index contributed by atoms with van der Waals surface area (Å²) in [6, 6.07) is 21.7. The number of fused-ring (bicyclic) bond motifs is 1. The number of benzene rings is 3. The van der Waals surface area contributed by atoms with Gasteiger partial charge < -0.3 is 30.1 Å². The molecule has 0 radical (unpaired) electrons. The zero-order chi connectivity index (χ0) is 25.9. The molecular formula is C27H24BN5O4. The van der Waals surface area contributed by atoms with Gasteiger partial charge in [0.15, 0.2) is 0 Å². The first-order valence-corrected chi connectivity index (χ1v) is 11.6. The number of hydrogen-bond donors (Lipinski definition) is 4. The van der Waals surface area contributed by atoms with Crippen LogP contribution < -0.4 is 21.0 Å². The number of carbonyl (C=O) groups is 2. The molecule has 1 aliphatic heterocycles. The van der Waals surface area contributed by atoms with Crippen molar-refractivity contribution in [3.8, 4) is 0 Å². The van der Waals surface area contributed by atoms with E-state index < -0.39 is 7.12 Å². The molecule has 0 fully saturated rings. The molecule has 5 rings (SSSR count). The molecule has 2 heterocycles. The van der Waals surface area contributed by atoms with Gasteiger partial charge in [-0.1, -0.05) is 42.5 Å². The van der Waals surface area contributed by atoms with Crippen molar-refractivity contribution in [2.45, 2.75) is 6.54 Å². The van der Waals surface area contributed by atoms with E-state index in [0.717, 1.165) is 16.9 Å². The fourth-order valence-electron chi connectivity index (χ4n) is 4.18. The van der Waals surface area contributed by atoms with Crippen LogP contribution in [-0.2, 0) is 16.1 Å². The molecular weight excluding hydrogens is 469 g/mol. The molecule has 2 amide bonds. The minimum absolute atomic E-state index is 0.0857. The predicted octanol–water partition coefficient (Wildman–Crippen LogP) is 2.16. The molecule has 3 aromatic carbocycles. The van der Waals surface area contributed by atoms with Crippen LogP contribution in [0.1, 0.15) is 11.1 Å². The van der Waals surface area contributed by atoms with Gasteiger partial charge in [-0.05, 0) is 41.4 Å². The lowest BCUT2D eigenvalue weighted by molar-refractivity contribution is -0.118. The van der Waals surface area contributed by atoms with E-state index in [1.807, 2.05) is 54.6 Å². The standard InChI is InChI=1S/C27H24BN5O4/c1-32(24(34)16-33-14-13-29-17-33)21-10-8-20(9-11-21)30-26(18-5-3-2-4-6-18)25-22-12-7-19(28(36)37)15-23(22)31-27(25)35/h2-15,17,30,36-37H,16H2,1H3,(H,31,35)/b26-25-. The summed E-state index contributed by atoms with van der Waals surface area (Å²) in [5, 5.41) is 25.2. The Morgan fingerprint density at radius 2 is 1.84 bits per heavy atom. The Bertz CT molecular complexity index is 1470. The van der Waals surface area contributed by atoms with Gasteiger partial charge in [0, 0.05) is 42.1 Å². The number of rotatable bonds is 7. The molecule has 0 aliphatic carbocycles. The third-order valence-electron chi connectivity index (χ3n) is 6.17. The maximum absolute atomic E-state index is 13.1. The Labute approximate surface area is 213 Å². The minimum Gasteiger partial charge on any atom is -0.423 e. The summed E-state index contributed by atoms with van der Waals surface area (Å²) in [7, 11) is 0.0848. The first-order chi connectivity index (χ1) is 17.9. The quantitative estimate of drug-likeness (QED) is 0.232. The van der Waals surface area contributed by atoms with Crippen molar-refractivity contribution in [2.75, 3.05) is 22.6 Å². The Morgan fingerprint density at radius 1 is 1.08 bits per heavy atom. The summed E-state index contributed by atoms with van der Waals surface area (Å²) in [4.78, 5) is 31.3. The third kappa shape index (κ3) is 5.01. The van der Waals surface area contributed by atoms with Crippen LogP contribution in [0.5, 0.6) is 0 Å². The van der Waals surface area contributed by atoms with Gasteiger partial charge in [0.05, 0.1) is 17.6 Å². The second-order valence-electron chi connectivity index (χ2n) is 8.61. The van der Waals surface area contributed by atoms with E-state index in [2.05, 4.69) is 15.6 Å². The minimum atomic E-state index is -1.63. The van der Waals surface area contributed by atoms with Crippen LogP contribution in [0.3, 0.4) is 0 Å². The molecule has 1 aromatic heterocycles. The lowest BCUT2D eigenvalue weighted by Gasteiger charge is -2.19. The summed E-state index contributed by atoms with van der Waals surface area (Å²) in [5.74, 6) is -0.384. The molecule has 37 heavy (non-hydrogen) atoms. The first-order valence-electron chi connectivity index (χ1n) is 11.6. The second-order valence-corrected chi connectivity index (χ2v) is 8.61. The van der Waals surface area contributed by atoms with Gasteiger partial charge in [0.1, 0.15) is 6.54 Å². The van der Waals surface area contributed by atoms with E-state index in [4.69, 9.17) is 0 Å². The predicted molar refractivity (Wildman–Crippen MR) is 144 cm³/mol. The van der Waals surface area contributed by atoms with Gasteiger partial charge >= 0.3 is 7.12 Å². The van der Waals surface area contributed by atoms with Crippen LogP contribution in [0.25, 0.3) is 11.3 Å². The molecule has 0 atom stereocenters. The van der Waals surface area contributed by atoms with Crippen LogP contribution in [0.4, 0.5) is 17.1 Å². The number of aromatic nitrogens is 2. The van der Waals surface area contributed by atoms with Crippen LogP contribution in [-0.4, -0.2) is 45.6 Å². The van der Waals surface area contributed by atoms with E-state index >= 15 is 0 Å². The highest BCUT2D eigenvalue weighted by Crippen LogP contribution is 2.37. The lowest BCUT2D eigenvalue weighted by Crippen LogP contribution is -2.29. The smallest absolute Gasteiger partial charge is 0.423 e. The van der Waals surface area contributed by atoms with Crippen molar-refractivity contribution < 1.29 is 19.6 Å². The van der Waals surface area contributed by atoms with Gasteiger partial charge in [-0.2, -0.15) is 0 Å². The number of nitrogens with one attached hydrogen (secondary N) is 2. The molecule has 0 saturated heterocycles. The number of anilines is 3. The molecule has 9 nitrogen and oxygen atoms in total. The highest BCUT2D eigenvalue weighted by molar-refractivity contribution is 6.59. The van der Waals surface area contributed by atoms with Crippen molar-refractivity contribution >= 4 is 52.7 Å². The lowest BCUT2D eigenvalue weighted by atomic mass is 9.79. The average molecular weight is 493 g/mol. The average Bonchev–Trinajstić information content (AvgIpc) is 3.54. The number of nitrogens with zero attached hydrogens (tertiary/aromatic N) is 3. The number of likely N-dealkylation sites (N-methyl/N-ethyl adjacent to an activating group) is 1. The summed E-state index contributed by atoms with van der Waals surface area (Å²) < 4.78 is 1.71. The zero-order valence-corrected chi connectivity index (χ0v) is 20.0. The maximum Gasteiger partial charge on any atom is 0.488 e. The molecule has 1 aliphatic rings. The van der Waals surface area contributed by atoms with Crippen LogP contribution in [0.2, 0.25) is 0 Å². The van der Waals surface area contributed by atoms with E-state index in [-0.39, 0.29) is 23.8 Å². The molecule has 0 unspecified atom stereocenters. The zero-order valence-electron chi connectivity index (χ0n) is 20.0. The van der Waals surface area contributed by atoms with E-state index in [9.17, 15) is 19.6 Å². The molecule has 184 valence electrons. The third-order valence-corrected chi connectivity index (χ3v) is 6.17. The van der Waals surface area contributed by atoms with E-state index in [0.29, 0.717) is 22.5 Å². The summed E-state index contributed by atoms with van der Waals surface area (Å²) in [6.07, 6.45) is 4.97. The summed E-state index contributed by atoms with van der Waals surface area (Å²) in [6.45, 7) is 0.185. The first kappa shape index (κ1) is 24.0. The number of carbonyl (C=O) groups excluding carboxylic acids is 2. The topological polar surface area (TPSA) is 120 Å². The molecule has 4 N–H and O–H groups in total. The van der Waals surface area contributed by atoms with Crippen molar-refractivity contribution in [2.24, 2.45) is 0 Å². The van der Waals surface area contributed by atoms with Gasteiger partial charge in [0.2, 0.25) is 5.91 Å². The Kier molecular flexibility index (Phi) is 6.59. The van der Waals surface area contributed by atoms with E-state index in [1.54, 1.807) is 53.4 Å². The monoisotopic (exact) mass is 493 g/mol. The number of amides is 2. The maximum atomic E-state index is 13.1. The van der Waals surface area contributed by atoms with Gasteiger partial charge in [-0.25, -0.2) is 4.98 Å². The molecule has 10 heteroatoms. The van der Waals surface area contributed by atoms with Crippen molar-refractivity contribution in [3.63, 3.8) is 0 Å². The van der Waals surface area contributed by atoms with Crippen molar-refractivity contribution in [3.05, 3.63) is 103 Å². The number of imidazole rings is 1. The Balaban J connectivity index is 1.46. The summed E-state index contributed by atoms with van der Waals surface area (Å²) in [5.41, 5.74) is 4.76. The molecule has 4 aromatic rings. The molecule has 0 spiro atoms. The largest absolute Gasteiger partial charge is 0.488 e. The second kappa shape index (κ2) is 10.1. The Hall–Kier alpha value is -4.67. The molecule has 0 saturated carbocycles. The molecule has 0 bridgehead atoms. The van der Waals surface area contributed by atoms with Gasteiger partial charge in [-0.15, -0.1) is 0 Å². The fourth-order valence-corrected chi connectivity index (χ4v) is 4.18. The van der Waals surface area contributed by atoms with E-state index in [1.165, 1.54) is 0 Å². The van der Waals surface area contributed by atoms with Gasteiger partial charge in [-0.3, -0.25) is 9.59 Å².